The van der Waals surface area contributed by atoms with Crippen LogP contribution in [-0.4, -0.2) is 64.6 Å². The number of hydrogen-bond donors (Lipinski definition) is 2. The minimum Gasteiger partial charge on any atom is -0.461 e. The Bertz CT molecular complexity index is 831. The number of carbonyl (C=O) groups excluding carboxylic acids is 2. The number of hydrogen-bond acceptors (Lipinski definition) is 8. The van der Waals surface area contributed by atoms with Crippen LogP contribution in [0.2, 0.25) is 0 Å². The SMILES string of the molecule is C[C@H](COC(=O)/C=C/C(=O)OC[C@@H](C)NS(=O)(=O)C1CCCCC1)NS(=O)(=O)C1CCCCC1. The van der Waals surface area contributed by atoms with Crippen LogP contribution in [0.4, 0.5) is 0 Å². The highest BCUT2D eigenvalue weighted by molar-refractivity contribution is 7.90. The monoisotopic (exact) mass is 522 g/mol. The molecular weight excluding hydrogens is 484 g/mol. The molecule has 2 rings (SSSR count). The molecule has 2 atom stereocenters. The molecule has 10 nitrogen and oxygen atoms in total. The van der Waals surface area contributed by atoms with Crippen molar-refractivity contribution in [1.82, 2.24) is 9.44 Å². The molecule has 2 aliphatic rings. The Labute approximate surface area is 203 Å². The fourth-order valence-corrected chi connectivity index (χ4v) is 7.77. The number of rotatable bonds is 12. The zero-order valence-corrected chi connectivity index (χ0v) is 21.7. The van der Waals surface area contributed by atoms with Gasteiger partial charge in [0.15, 0.2) is 0 Å². The average molecular weight is 523 g/mol. The molecule has 0 bridgehead atoms. The molecule has 2 N–H and O–H groups in total. The van der Waals surface area contributed by atoms with Crippen LogP contribution >= 0.6 is 0 Å². The van der Waals surface area contributed by atoms with Gasteiger partial charge in [-0.25, -0.2) is 35.9 Å². The number of esters is 2. The van der Waals surface area contributed by atoms with E-state index in [4.69, 9.17) is 9.47 Å². The second kappa shape index (κ2) is 13.6. The van der Waals surface area contributed by atoms with E-state index >= 15 is 0 Å². The maximum atomic E-state index is 12.4. The molecule has 34 heavy (non-hydrogen) atoms. The van der Waals surface area contributed by atoms with Crippen molar-refractivity contribution in [2.75, 3.05) is 13.2 Å². The first kappa shape index (κ1) is 28.7. The predicted octanol–water partition coefficient (Wildman–Crippen LogP) is 1.91. The van der Waals surface area contributed by atoms with E-state index in [1.807, 2.05) is 0 Å². The molecule has 0 aromatic rings. The third-order valence-corrected chi connectivity index (χ3v) is 10.2. The molecule has 0 spiro atoms. The van der Waals surface area contributed by atoms with E-state index in [1.165, 1.54) is 0 Å². The third kappa shape index (κ3) is 10.0. The van der Waals surface area contributed by atoms with Crippen molar-refractivity contribution in [3.63, 3.8) is 0 Å². The zero-order chi connectivity index (χ0) is 25.2. The van der Waals surface area contributed by atoms with Gasteiger partial charge in [-0.15, -0.1) is 0 Å². The van der Waals surface area contributed by atoms with E-state index in [1.54, 1.807) is 13.8 Å². The van der Waals surface area contributed by atoms with Crippen LogP contribution in [0.15, 0.2) is 12.2 Å². The first-order chi connectivity index (χ1) is 16.0. The lowest BCUT2D eigenvalue weighted by atomic mass is 10.0. The molecule has 196 valence electrons. The smallest absolute Gasteiger partial charge is 0.331 e. The van der Waals surface area contributed by atoms with E-state index in [0.717, 1.165) is 50.7 Å². The van der Waals surface area contributed by atoms with Crippen LogP contribution in [0.25, 0.3) is 0 Å². The Morgan fingerprint density at radius 1 is 0.706 bits per heavy atom. The summed E-state index contributed by atoms with van der Waals surface area (Å²) in [4.78, 5) is 23.7. The van der Waals surface area contributed by atoms with Crippen molar-refractivity contribution in [3.8, 4) is 0 Å². The van der Waals surface area contributed by atoms with Crippen LogP contribution in [-0.2, 0) is 39.1 Å². The summed E-state index contributed by atoms with van der Waals surface area (Å²) in [5.41, 5.74) is 0. The topological polar surface area (TPSA) is 145 Å². The van der Waals surface area contributed by atoms with Gasteiger partial charge in [-0.3, -0.25) is 0 Å². The summed E-state index contributed by atoms with van der Waals surface area (Å²) >= 11 is 0. The molecule has 0 unspecified atom stereocenters. The van der Waals surface area contributed by atoms with Crippen LogP contribution in [0.5, 0.6) is 0 Å². The van der Waals surface area contributed by atoms with Crippen LogP contribution in [0.3, 0.4) is 0 Å². The second-order valence-electron chi connectivity index (χ2n) is 9.24. The Balaban J connectivity index is 1.67. The zero-order valence-electron chi connectivity index (χ0n) is 20.0. The fourth-order valence-electron chi connectivity index (χ4n) is 4.22. The van der Waals surface area contributed by atoms with Gasteiger partial charge < -0.3 is 9.47 Å². The molecule has 0 heterocycles. The first-order valence-corrected chi connectivity index (χ1v) is 15.1. The maximum absolute atomic E-state index is 12.4. The molecule has 0 aromatic heterocycles. The summed E-state index contributed by atoms with van der Waals surface area (Å²) in [5.74, 6) is -1.63. The van der Waals surface area contributed by atoms with E-state index in [9.17, 15) is 26.4 Å². The minimum atomic E-state index is -3.47. The molecule has 2 fully saturated rings. The summed E-state index contributed by atoms with van der Waals surface area (Å²) in [6.07, 6.45) is 9.96. The van der Waals surface area contributed by atoms with E-state index in [2.05, 4.69) is 9.44 Å². The average Bonchev–Trinajstić information content (AvgIpc) is 2.80. The Kier molecular flexibility index (Phi) is 11.5. The van der Waals surface area contributed by atoms with Crippen LogP contribution in [0, 0.1) is 0 Å². The van der Waals surface area contributed by atoms with Crippen molar-refractivity contribution in [2.24, 2.45) is 0 Å². The van der Waals surface area contributed by atoms with Gasteiger partial charge in [-0.05, 0) is 39.5 Å². The predicted molar refractivity (Wildman–Crippen MR) is 128 cm³/mol. The molecule has 2 saturated carbocycles. The third-order valence-electron chi connectivity index (χ3n) is 6.02. The van der Waals surface area contributed by atoms with E-state index in [-0.39, 0.29) is 13.2 Å². The van der Waals surface area contributed by atoms with Gasteiger partial charge in [0.05, 0.1) is 22.6 Å². The number of carbonyl (C=O) groups is 2. The lowest BCUT2D eigenvalue weighted by molar-refractivity contribution is -0.141. The van der Waals surface area contributed by atoms with Gasteiger partial charge in [0.1, 0.15) is 13.2 Å². The first-order valence-electron chi connectivity index (χ1n) is 12.0. The summed E-state index contributed by atoms with van der Waals surface area (Å²) in [6.45, 7) is 2.84. The number of sulfonamides is 2. The Morgan fingerprint density at radius 3 is 1.35 bits per heavy atom. The fraction of sp³-hybridized carbons (Fsp3) is 0.818. The molecule has 0 amide bonds. The standard InChI is InChI=1S/C22H38N2O8S2/c1-17(23-33(27,28)19-9-5-3-6-10-19)15-31-21(25)13-14-22(26)32-16-18(2)24-34(29,30)20-11-7-4-8-12-20/h13-14,17-20,23-24H,3-12,15-16H2,1-2H3/b14-13+/t17-,18-/m1/s1. The van der Waals surface area contributed by atoms with Crippen LogP contribution in [0.1, 0.15) is 78.1 Å². The second-order valence-corrected chi connectivity index (χ2v) is 13.2. The number of ether oxygens (including phenoxy) is 2. The van der Waals surface area contributed by atoms with Gasteiger partial charge in [0.25, 0.3) is 0 Å². The van der Waals surface area contributed by atoms with Crippen LogP contribution < -0.4 is 9.44 Å². The van der Waals surface area contributed by atoms with Crippen molar-refractivity contribution in [1.29, 1.82) is 0 Å². The minimum absolute atomic E-state index is 0.176. The largest absolute Gasteiger partial charge is 0.461 e. The summed E-state index contributed by atoms with van der Waals surface area (Å²) in [7, 11) is -6.95. The lowest BCUT2D eigenvalue weighted by Gasteiger charge is -2.24. The van der Waals surface area contributed by atoms with Crippen molar-refractivity contribution in [3.05, 3.63) is 12.2 Å². The highest BCUT2D eigenvalue weighted by Crippen LogP contribution is 2.24. The van der Waals surface area contributed by atoms with Gasteiger partial charge in [-0.2, -0.15) is 0 Å². The highest BCUT2D eigenvalue weighted by Gasteiger charge is 2.29. The molecule has 12 heteroatoms. The molecule has 0 radical (unpaired) electrons. The van der Waals surface area contributed by atoms with Gasteiger partial charge in [0, 0.05) is 12.2 Å². The Hall–Kier alpha value is -1.50. The summed E-state index contributed by atoms with van der Waals surface area (Å²) in [6, 6.07) is -1.21. The number of nitrogens with one attached hydrogen (secondary N) is 2. The van der Waals surface area contributed by atoms with Crippen molar-refractivity contribution in [2.45, 2.75) is 101 Å². The molecular formula is C22H38N2O8S2. The molecule has 2 aliphatic carbocycles. The quantitative estimate of drug-likeness (QED) is 0.292. The normalized spacial score (nSPS) is 20.6. The maximum Gasteiger partial charge on any atom is 0.331 e. The highest BCUT2D eigenvalue weighted by atomic mass is 32.2. The van der Waals surface area contributed by atoms with Gasteiger partial charge in [0.2, 0.25) is 20.0 Å². The van der Waals surface area contributed by atoms with Gasteiger partial charge in [-0.1, -0.05) is 38.5 Å². The van der Waals surface area contributed by atoms with Gasteiger partial charge >= 0.3 is 11.9 Å². The van der Waals surface area contributed by atoms with Crippen molar-refractivity contribution >= 4 is 32.0 Å². The summed E-state index contributed by atoms with van der Waals surface area (Å²) in [5, 5.41) is -0.827. The van der Waals surface area contributed by atoms with E-state index in [0.29, 0.717) is 25.7 Å². The molecule has 0 saturated heterocycles. The Morgan fingerprint density at radius 2 is 1.03 bits per heavy atom. The lowest BCUT2D eigenvalue weighted by Crippen LogP contribution is -2.42. The van der Waals surface area contributed by atoms with Crippen molar-refractivity contribution < 1.29 is 35.9 Å². The molecule has 0 aromatic carbocycles. The van der Waals surface area contributed by atoms with E-state index < -0.39 is 54.6 Å². The molecule has 0 aliphatic heterocycles. The summed E-state index contributed by atoms with van der Waals surface area (Å²) < 4.78 is 64.6.